The summed E-state index contributed by atoms with van der Waals surface area (Å²) in [5.41, 5.74) is 4.95. The lowest BCUT2D eigenvalue weighted by atomic mass is 10.00. The summed E-state index contributed by atoms with van der Waals surface area (Å²) < 4.78 is 28.8. The number of H-pyrrole nitrogens is 1. The van der Waals surface area contributed by atoms with Gasteiger partial charge in [-0.1, -0.05) is 18.2 Å². The van der Waals surface area contributed by atoms with Gasteiger partial charge in [-0.05, 0) is 49.3 Å². The van der Waals surface area contributed by atoms with Gasteiger partial charge >= 0.3 is 0 Å². The fourth-order valence-corrected chi connectivity index (χ4v) is 4.35. The summed E-state index contributed by atoms with van der Waals surface area (Å²) in [6.07, 6.45) is 1.40. The fourth-order valence-electron chi connectivity index (χ4n) is 4.35. The van der Waals surface area contributed by atoms with Crippen molar-refractivity contribution < 1.29 is 8.78 Å². The molecule has 0 aliphatic heterocycles. The standard InChI is InChI=1S/C24H22F2N4O/c1-14-2-6-19(18-11-27-30(13-18)12-15-8-20(25)21(26)9-15)24(28-14)17-4-3-16-5-7-23(31)29-22(16)10-17/h2-7,10-11,13,15,20-21H,8-9,12H2,1H3,(H,29,31)/t20-,21-/m0/s1. The number of aromatic amines is 1. The summed E-state index contributed by atoms with van der Waals surface area (Å²) in [4.78, 5) is 19.3. The average Bonchev–Trinajstić information content (AvgIpc) is 3.33. The van der Waals surface area contributed by atoms with Crippen molar-refractivity contribution in [2.45, 2.75) is 38.7 Å². The molecule has 158 valence electrons. The molecule has 1 aliphatic carbocycles. The number of nitrogens with one attached hydrogen (secondary N) is 1. The first kappa shape index (κ1) is 19.6. The minimum Gasteiger partial charge on any atom is -0.322 e. The Morgan fingerprint density at radius 1 is 1.06 bits per heavy atom. The smallest absolute Gasteiger partial charge is 0.248 e. The zero-order chi connectivity index (χ0) is 21.5. The fraction of sp³-hybridized carbons (Fsp3) is 0.292. The number of alkyl halides is 2. The molecular weight excluding hydrogens is 398 g/mol. The summed E-state index contributed by atoms with van der Waals surface area (Å²) in [5.74, 6) is -0.0503. The summed E-state index contributed by atoms with van der Waals surface area (Å²) in [6, 6.07) is 13.1. The van der Waals surface area contributed by atoms with Gasteiger partial charge in [0.25, 0.3) is 0 Å². The highest BCUT2D eigenvalue weighted by atomic mass is 19.2. The van der Waals surface area contributed by atoms with Gasteiger partial charge in [0.15, 0.2) is 0 Å². The predicted octanol–water partition coefficient (Wildman–Crippen LogP) is 4.85. The van der Waals surface area contributed by atoms with E-state index in [9.17, 15) is 13.6 Å². The van der Waals surface area contributed by atoms with Crippen LogP contribution >= 0.6 is 0 Å². The highest BCUT2D eigenvalue weighted by Gasteiger charge is 2.34. The first-order valence-corrected chi connectivity index (χ1v) is 10.4. The van der Waals surface area contributed by atoms with Gasteiger partial charge in [0.05, 0.1) is 11.9 Å². The maximum atomic E-state index is 13.5. The predicted molar refractivity (Wildman–Crippen MR) is 116 cm³/mol. The lowest BCUT2D eigenvalue weighted by molar-refractivity contribution is 0.199. The Balaban J connectivity index is 1.50. The molecule has 5 rings (SSSR count). The molecule has 31 heavy (non-hydrogen) atoms. The van der Waals surface area contributed by atoms with Crippen LogP contribution in [0.5, 0.6) is 0 Å². The maximum Gasteiger partial charge on any atom is 0.248 e. The number of aromatic nitrogens is 4. The lowest BCUT2D eigenvalue weighted by Crippen LogP contribution is -2.08. The third-order valence-corrected chi connectivity index (χ3v) is 5.93. The third kappa shape index (κ3) is 3.87. The van der Waals surface area contributed by atoms with Gasteiger partial charge in [-0.3, -0.25) is 14.5 Å². The number of pyridine rings is 2. The monoisotopic (exact) mass is 420 g/mol. The second kappa shape index (κ2) is 7.72. The summed E-state index contributed by atoms with van der Waals surface area (Å²) in [6.45, 7) is 2.42. The van der Waals surface area contributed by atoms with Crippen LogP contribution in [-0.4, -0.2) is 32.1 Å². The van der Waals surface area contributed by atoms with Gasteiger partial charge in [-0.2, -0.15) is 5.10 Å². The van der Waals surface area contributed by atoms with Gasteiger partial charge in [-0.25, -0.2) is 8.78 Å². The Hall–Kier alpha value is -3.35. The SMILES string of the molecule is Cc1ccc(-c2cnn(CC3C[C@H](F)[C@@H](F)C3)c2)c(-c2ccc3ccc(=O)[nH]c3c2)n1. The molecule has 0 radical (unpaired) electrons. The van der Waals surface area contributed by atoms with Crippen LogP contribution in [0.3, 0.4) is 0 Å². The molecule has 0 amide bonds. The number of aryl methyl sites for hydroxylation is 1. The zero-order valence-corrected chi connectivity index (χ0v) is 17.1. The van der Waals surface area contributed by atoms with E-state index in [1.807, 2.05) is 43.5 Å². The molecular formula is C24H22F2N4O. The van der Waals surface area contributed by atoms with Crippen LogP contribution < -0.4 is 5.56 Å². The van der Waals surface area contributed by atoms with Crippen LogP contribution in [-0.2, 0) is 6.54 Å². The van der Waals surface area contributed by atoms with Gasteiger partial charge in [0.2, 0.25) is 5.56 Å². The van der Waals surface area contributed by atoms with Gasteiger partial charge in [0, 0.05) is 46.7 Å². The molecule has 4 aromatic rings. The highest BCUT2D eigenvalue weighted by Crippen LogP contribution is 2.34. The third-order valence-electron chi connectivity index (χ3n) is 5.93. The van der Waals surface area contributed by atoms with Crippen molar-refractivity contribution in [1.29, 1.82) is 0 Å². The van der Waals surface area contributed by atoms with E-state index in [4.69, 9.17) is 4.98 Å². The normalized spacial score (nSPS) is 19.3. The van der Waals surface area contributed by atoms with Crippen LogP contribution in [0.1, 0.15) is 18.5 Å². The van der Waals surface area contributed by atoms with Crippen LogP contribution in [0.4, 0.5) is 8.78 Å². The molecule has 1 fully saturated rings. The quantitative estimate of drug-likeness (QED) is 0.513. The summed E-state index contributed by atoms with van der Waals surface area (Å²) in [5, 5.41) is 5.37. The number of fused-ring (bicyclic) bond motifs is 1. The largest absolute Gasteiger partial charge is 0.322 e. The molecule has 1 saturated carbocycles. The molecule has 3 aromatic heterocycles. The number of hydrogen-bond donors (Lipinski definition) is 1. The molecule has 0 saturated heterocycles. The zero-order valence-electron chi connectivity index (χ0n) is 17.1. The molecule has 5 nitrogen and oxygen atoms in total. The van der Waals surface area contributed by atoms with Crippen molar-refractivity contribution in [2.75, 3.05) is 0 Å². The van der Waals surface area contributed by atoms with Crippen molar-refractivity contribution >= 4 is 10.9 Å². The van der Waals surface area contributed by atoms with E-state index in [0.29, 0.717) is 6.54 Å². The van der Waals surface area contributed by atoms with Crippen LogP contribution in [0.2, 0.25) is 0 Å². The van der Waals surface area contributed by atoms with Crippen molar-refractivity contribution in [3.8, 4) is 22.4 Å². The minimum atomic E-state index is -1.37. The van der Waals surface area contributed by atoms with E-state index in [1.54, 1.807) is 16.9 Å². The first-order chi connectivity index (χ1) is 15.0. The van der Waals surface area contributed by atoms with Gasteiger partial charge < -0.3 is 4.98 Å². The molecule has 0 spiro atoms. The first-order valence-electron chi connectivity index (χ1n) is 10.4. The maximum absolute atomic E-state index is 13.5. The summed E-state index contributed by atoms with van der Waals surface area (Å²) in [7, 11) is 0. The molecule has 3 heterocycles. The molecule has 1 aromatic carbocycles. The molecule has 1 N–H and O–H groups in total. The Morgan fingerprint density at radius 3 is 2.65 bits per heavy atom. The van der Waals surface area contributed by atoms with Crippen LogP contribution in [0.15, 0.2) is 59.7 Å². The second-order valence-corrected chi connectivity index (χ2v) is 8.29. The summed E-state index contributed by atoms with van der Waals surface area (Å²) >= 11 is 0. The van der Waals surface area contributed by atoms with E-state index >= 15 is 0 Å². The topological polar surface area (TPSA) is 63.6 Å². The van der Waals surface area contributed by atoms with E-state index in [-0.39, 0.29) is 24.3 Å². The molecule has 7 heteroatoms. The van der Waals surface area contributed by atoms with Crippen LogP contribution in [0, 0.1) is 12.8 Å². The average molecular weight is 420 g/mol. The number of halogens is 2. The number of nitrogens with zero attached hydrogens (tertiary/aromatic N) is 3. The van der Waals surface area contributed by atoms with E-state index in [2.05, 4.69) is 10.1 Å². The number of hydrogen-bond acceptors (Lipinski definition) is 3. The molecule has 0 unspecified atom stereocenters. The number of rotatable bonds is 4. The van der Waals surface area contributed by atoms with Gasteiger partial charge in [0.1, 0.15) is 12.3 Å². The van der Waals surface area contributed by atoms with E-state index < -0.39 is 12.3 Å². The highest BCUT2D eigenvalue weighted by molar-refractivity contribution is 5.87. The Kier molecular flexibility index (Phi) is 4.88. The van der Waals surface area contributed by atoms with Crippen molar-refractivity contribution in [2.24, 2.45) is 5.92 Å². The molecule has 1 aliphatic rings. The Bertz CT molecular complexity index is 1300. The van der Waals surface area contributed by atoms with E-state index in [0.717, 1.165) is 39.0 Å². The Morgan fingerprint density at radius 2 is 1.84 bits per heavy atom. The molecule has 2 atom stereocenters. The van der Waals surface area contributed by atoms with Crippen molar-refractivity contribution in [3.05, 3.63) is 70.9 Å². The second-order valence-electron chi connectivity index (χ2n) is 8.29. The van der Waals surface area contributed by atoms with Crippen LogP contribution in [0.25, 0.3) is 33.3 Å². The number of benzene rings is 1. The molecule has 0 bridgehead atoms. The van der Waals surface area contributed by atoms with Gasteiger partial charge in [-0.15, -0.1) is 0 Å². The lowest BCUT2D eigenvalue weighted by Gasteiger charge is -2.10. The van der Waals surface area contributed by atoms with E-state index in [1.165, 1.54) is 6.07 Å². The minimum absolute atomic E-state index is 0.0503. The Labute approximate surface area is 177 Å². The van der Waals surface area contributed by atoms with Crippen molar-refractivity contribution in [3.63, 3.8) is 0 Å². The van der Waals surface area contributed by atoms with Crippen molar-refractivity contribution in [1.82, 2.24) is 19.7 Å².